The molecule has 6 heteroatoms. The van der Waals surface area contributed by atoms with E-state index in [1.165, 1.54) is 0 Å². The molecule has 3 heterocycles. The van der Waals surface area contributed by atoms with Gasteiger partial charge in [-0.05, 0) is 55.0 Å². The highest BCUT2D eigenvalue weighted by Gasteiger charge is 2.53. The lowest BCUT2D eigenvalue weighted by Crippen LogP contribution is -2.36. The maximum atomic E-state index is 11.5. The van der Waals surface area contributed by atoms with Crippen molar-refractivity contribution in [2.24, 2.45) is 11.8 Å². The van der Waals surface area contributed by atoms with Crippen LogP contribution in [0.15, 0.2) is 30.5 Å². The fourth-order valence-electron chi connectivity index (χ4n) is 5.12. The molecule has 0 amide bonds. The Bertz CT molecular complexity index is 890. The monoisotopic (exact) mass is 386 g/mol. The minimum Gasteiger partial charge on any atom is -0.454 e. The molecule has 0 radical (unpaired) electrons. The normalized spacial score (nSPS) is 29.3. The summed E-state index contributed by atoms with van der Waals surface area (Å²) in [5.41, 5.74) is 2.21. The maximum Gasteiger partial charge on any atom is 0.231 e. The average molecular weight is 387 g/mol. The summed E-state index contributed by atoms with van der Waals surface area (Å²) in [7, 11) is 0. The van der Waals surface area contributed by atoms with E-state index in [4.69, 9.17) is 21.1 Å². The fourth-order valence-corrected chi connectivity index (χ4v) is 5.41. The van der Waals surface area contributed by atoms with E-state index >= 15 is 0 Å². The first-order chi connectivity index (χ1) is 13.0. The van der Waals surface area contributed by atoms with Crippen LogP contribution in [0.5, 0.6) is 11.5 Å². The first-order valence-corrected chi connectivity index (χ1v) is 9.87. The number of halogens is 1. The second kappa shape index (κ2) is 6.36. The largest absolute Gasteiger partial charge is 0.454 e. The van der Waals surface area contributed by atoms with Gasteiger partial charge in [-0.1, -0.05) is 17.7 Å². The van der Waals surface area contributed by atoms with Gasteiger partial charge in [-0.25, -0.2) is 0 Å². The van der Waals surface area contributed by atoms with Gasteiger partial charge in [0.25, 0.3) is 0 Å². The number of nitrogens with zero attached hydrogens (tertiary/aromatic N) is 2. The van der Waals surface area contributed by atoms with Gasteiger partial charge in [0.2, 0.25) is 6.79 Å². The second-order valence-corrected chi connectivity index (χ2v) is 8.41. The van der Waals surface area contributed by atoms with Crippen LogP contribution in [0.2, 0.25) is 5.02 Å². The Morgan fingerprint density at radius 2 is 2.22 bits per heavy atom. The van der Waals surface area contributed by atoms with Crippen molar-refractivity contribution in [1.82, 2.24) is 9.88 Å². The van der Waals surface area contributed by atoms with E-state index in [2.05, 4.69) is 9.88 Å². The van der Waals surface area contributed by atoms with Gasteiger partial charge in [-0.3, -0.25) is 9.88 Å². The van der Waals surface area contributed by atoms with Gasteiger partial charge in [-0.2, -0.15) is 0 Å². The van der Waals surface area contributed by atoms with Crippen molar-refractivity contribution in [3.63, 3.8) is 0 Å². The molecule has 1 aromatic carbocycles. The quantitative estimate of drug-likeness (QED) is 0.874. The smallest absolute Gasteiger partial charge is 0.231 e. The highest BCUT2D eigenvalue weighted by Crippen LogP contribution is 2.51. The minimum atomic E-state index is -0.822. The molecular weight excluding hydrogens is 364 g/mol. The number of likely N-dealkylation sites (tertiary alicyclic amines) is 1. The highest BCUT2D eigenvalue weighted by molar-refractivity contribution is 6.32. The summed E-state index contributed by atoms with van der Waals surface area (Å²) in [5.74, 6) is 2.08. The Labute approximate surface area is 163 Å². The summed E-state index contributed by atoms with van der Waals surface area (Å²) in [5, 5.41) is 12.1. The van der Waals surface area contributed by atoms with Gasteiger partial charge < -0.3 is 14.6 Å². The third-order valence-electron chi connectivity index (χ3n) is 6.34. The van der Waals surface area contributed by atoms with Crippen LogP contribution in [0.25, 0.3) is 0 Å². The van der Waals surface area contributed by atoms with Crippen LogP contribution >= 0.6 is 11.6 Å². The molecule has 5 rings (SSSR count). The van der Waals surface area contributed by atoms with Crippen LogP contribution < -0.4 is 9.47 Å². The molecule has 2 fully saturated rings. The van der Waals surface area contributed by atoms with Crippen molar-refractivity contribution < 1.29 is 14.6 Å². The average Bonchev–Trinajstić information content (AvgIpc) is 3.33. The standard InChI is InChI=1S/C21H23ClN2O3/c1-13-3-2-6-23-20(13)21(25)5-4-15-10-24(11-16(15)21)9-14-7-17(22)19-18(8-14)26-12-27-19/h2-3,6-8,15-16,25H,4-5,9-12H2,1H3/t15-,16+,21-/m0/s1. The summed E-state index contributed by atoms with van der Waals surface area (Å²) < 4.78 is 10.9. The van der Waals surface area contributed by atoms with E-state index < -0.39 is 5.60 Å². The molecule has 1 aliphatic carbocycles. The second-order valence-electron chi connectivity index (χ2n) is 8.00. The van der Waals surface area contributed by atoms with Crippen molar-refractivity contribution in [1.29, 1.82) is 0 Å². The van der Waals surface area contributed by atoms with Gasteiger partial charge >= 0.3 is 0 Å². The molecule has 0 spiro atoms. The van der Waals surface area contributed by atoms with E-state index in [0.29, 0.717) is 16.7 Å². The van der Waals surface area contributed by atoms with Crippen LogP contribution in [0.4, 0.5) is 0 Å². The van der Waals surface area contributed by atoms with Crippen LogP contribution in [0, 0.1) is 18.8 Å². The van der Waals surface area contributed by atoms with Gasteiger partial charge in [-0.15, -0.1) is 0 Å². The minimum absolute atomic E-state index is 0.218. The van der Waals surface area contributed by atoms with Crippen molar-refractivity contribution >= 4 is 11.6 Å². The van der Waals surface area contributed by atoms with Crippen LogP contribution in [0.3, 0.4) is 0 Å². The Morgan fingerprint density at radius 3 is 3.07 bits per heavy atom. The third-order valence-corrected chi connectivity index (χ3v) is 6.62. The molecule has 5 nitrogen and oxygen atoms in total. The molecule has 2 aliphatic heterocycles. The van der Waals surface area contributed by atoms with E-state index in [-0.39, 0.29) is 12.7 Å². The molecule has 27 heavy (non-hydrogen) atoms. The molecule has 0 unspecified atom stereocenters. The zero-order valence-electron chi connectivity index (χ0n) is 15.3. The highest BCUT2D eigenvalue weighted by atomic mass is 35.5. The molecule has 1 N–H and O–H groups in total. The first kappa shape index (κ1) is 17.3. The lowest BCUT2D eigenvalue weighted by molar-refractivity contribution is -0.0114. The number of aryl methyl sites for hydroxylation is 1. The summed E-state index contributed by atoms with van der Waals surface area (Å²) in [6.07, 6.45) is 3.62. The zero-order chi connectivity index (χ0) is 18.6. The molecular formula is C21H23ClN2O3. The topological polar surface area (TPSA) is 54.8 Å². The summed E-state index contributed by atoms with van der Waals surface area (Å²) in [4.78, 5) is 6.94. The Morgan fingerprint density at radius 1 is 1.33 bits per heavy atom. The summed E-state index contributed by atoms with van der Waals surface area (Å²) in [6, 6.07) is 7.93. The number of hydrogen-bond acceptors (Lipinski definition) is 5. The van der Waals surface area contributed by atoms with Crippen LogP contribution in [-0.2, 0) is 12.1 Å². The van der Waals surface area contributed by atoms with E-state index in [0.717, 1.165) is 55.0 Å². The number of benzene rings is 1. The Hall–Kier alpha value is -1.82. The summed E-state index contributed by atoms with van der Waals surface area (Å²) >= 11 is 6.33. The molecule has 3 atom stereocenters. The summed E-state index contributed by atoms with van der Waals surface area (Å²) in [6.45, 7) is 4.91. The molecule has 1 saturated heterocycles. The van der Waals surface area contributed by atoms with Crippen molar-refractivity contribution in [3.8, 4) is 11.5 Å². The van der Waals surface area contributed by atoms with Gasteiger partial charge in [0.05, 0.1) is 10.7 Å². The molecule has 0 bridgehead atoms. The first-order valence-electron chi connectivity index (χ1n) is 9.49. The Kier molecular flexibility index (Phi) is 4.08. The predicted octanol–water partition coefficient (Wildman–Crippen LogP) is 3.50. The SMILES string of the molecule is Cc1cccnc1[C@]1(O)CC[C@H]2CN(Cc3cc(Cl)c4c(c3)OCO4)C[C@H]21. The number of aromatic nitrogens is 1. The van der Waals surface area contributed by atoms with Crippen LogP contribution in [0.1, 0.15) is 29.7 Å². The van der Waals surface area contributed by atoms with E-state index in [1.54, 1.807) is 6.20 Å². The lowest BCUT2D eigenvalue weighted by atomic mass is 9.83. The molecule has 142 valence electrons. The zero-order valence-corrected chi connectivity index (χ0v) is 16.1. The maximum absolute atomic E-state index is 11.5. The molecule has 3 aliphatic rings. The van der Waals surface area contributed by atoms with Crippen molar-refractivity contribution in [2.45, 2.75) is 31.9 Å². The molecule has 2 aromatic rings. The molecule has 1 aromatic heterocycles. The van der Waals surface area contributed by atoms with Crippen molar-refractivity contribution in [3.05, 3.63) is 52.3 Å². The number of pyridine rings is 1. The van der Waals surface area contributed by atoms with Gasteiger partial charge in [0.15, 0.2) is 11.5 Å². The number of ether oxygens (including phenoxy) is 2. The van der Waals surface area contributed by atoms with E-state index in [9.17, 15) is 5.11 Å². The third kappa shape index (κ3) is 2.80. The molecule has 1 saturated carbocycles. The van der Waals surface area contributed by atoms with Crippen molar-refractivity contribution in [2.75, 3.05) is 19.9 Å². The number of aliphatic hydroxyl groups is 1. The Balaban J connectivity index is 1.36. The number of fused-ring (bicyclic) bond motifs is 2. The number of hydrogen-bond donors (Lipinski definition) is 1. The lowest BCUT2D eigenvalue weighted by Gasteiger charge is -2.31. The van der Waals surface area contributed by atoms with E-state index in [1.807, 2.05) is 31.2 Å². The fraction of sp³-hybridized carbons (Fsp3) is 0.476. The van der Waals surface area contributed by atoms with Gasteiger partial charge in [0, 0.05) is 31.7 Å². The van der Waals surface area contributed by atoms with Crippen LogP contribution in [-0.4, -0.2) is 34.9 Å². The number of rotatable bonds is 3. The van der Waals surface area contributed by atoms with Gasteiger partial charge in [0.1, 0.15) is 5.60 Å². The predicted molar refractivity (Wildman–Crippen MR) is 102 cm³/mol.